The standard InChI is InChI=1S/C14H20N4O/c1-13(2,3)8-14(19,9-18-11-15-10-17-18)12-6-4-5-7-16-12/h4-7,10-11,19H,8-9H2,1-3H3/t14-/m1/s1. The molecule has 0 unspecified atom stereocenters. The molecular formula is C14H20N4O. The average molecular weight is 260 g/mol. The second-order valence-corrected chi connectivity index (χ2v) is 6.08. The highest BCUT2D eigenvalue weighted by atomic mass is 16.3. The van der Waals surface area contributed by atoms with Gasteiger partial charge in [0.15, 0.2) is 0 Å². The molecule has 5 heteroatoms. The third-order valence-corrected chi connectivity index (χ3v) is 2.85. The Morgan fingerprint density at radius 2 is 2.05 bits per heavy atom. The highest BCUT2D eigenvalue weighted by Gasteiger charge is 2.36. The number of pyridine rings is 1. The van der Waals surface area contributed by atoms with Crippen LogP contribution in [0.3, 0.4) is 0 Å². The number of hydrogen-bond donors (Lipinski definition) is 1. The van der Waals surface area contributed by atoms with Crippen molar-refractivity contribution in [3.8, 4) is 0 Å². The van der Waals surface area contributed by atoms with E-state index >= 15 is 0 Å². The minimum absolute atomic E-state index is 0.0210. The number of rotatable bonds is 4. The molecule has 2 aromatic heterocycles. The lowest BCUT2D eigenvalue weighted by Gasteiger charge is -2.33. The van der Waals surface area contributed by atoms with E-state index in [-0.39, 0.29) is 5.41 Å². The van der Waals surface area contributed by atoms with E-state index in [0.29, 0.717) is 18.7 Å². The zero-order chi connectivity index (χ0) is 13.9. The SMILES string of the molecule is CC(C)(C)C[C@@](O)(Cn1cncn1)c1ccccn1. The van der Waals surface area contributed by atoms with Gasteiger partial charge < -0.3 is 5.11 Å². The van der Waals surface area contributed by atoms with Gasteiger partial charge in [-0.15, -0.1) is 0 Å². The maximum absolute atomic E-state index is 11.0. The van der Waals surface area contributed by atoms with Crippen LogP contribution < -0.4 is 0 Å². The summed E-state index contributed by atoms with van der Waals surface area (Å²) >= 11 is 0. The van der Waals surface area contributed by atoms with Crippen molar-refractivity contribution < 1.29 is 5.11 Å². The van der Waals surface area contributed by atoms with E-state index < -0.39 is 5.60 Å². The second-order valence-electron chi connectivity index (χ2n) is 6.08. The summed E-state index contributed by atoms with van der Waals surface area (Å²) in [6.45, 7) is 6.65. The molecule has 2 aromatic rings. The van der Waals surface area contributed by atoms with E-state index in [1.54, 1.807) is 17.2 Å². The summed E-state index contributed by atoms with van der Waals surface area (Å²) in [5.41, 5.74) is -0.402. The summed E-state index contributed by atoms with van der Waals surface area (Å²) in [6, 6.07) is 5.58. The highest BCUT2D eigenvalue weighted by molar-refractivity contribution is 5.13. The summed E-state index contributed by atoms with van der Waals surface area (Å²) in [4.78, 5) is 8.22. The van der Waals surface area contributed by atoms with E-state index in [2.05, 4.69) is 35.8 Å². The number of nitrogens with zero attached hydrogens (tertiary/aromatic N) is 4. The number of hydrogen-bond acceptors (Lipinski definition) is 4. The minimum atomic E-state index is -1.05. The van der Waals surface area contributed by atoms with Crippen molar-refractivity contribution >= 4 is 0 Å². The van der Waals surface area contributed by atoms with Gasteiger partial charge in [0.05, 0.1) is 12.2 Å². The zero-order valence-electron chi connectivity index (χ0n) is 11.6. The van der Waals surface area contributed by atoms with Crippen molar-refractivity contribution in [1.29, 1.82) is 0 Å². The summed E-state index contributed by atoms with van der Waals surface area (Å²) in [5, 5.41) is 15.1. The lowest BCUT2D eigenvalue weighted by Crippen LogP contribution is -2.36. The second kappa shape index (κ2) is 5.09. The van der Waals surface area contributed by atoms with Gasteiger partial charge >= 0.3 is 0 Å². The van der Waals surface area contributed by atoms with E-state index in [4.69, 9.17) is 0 Å². The first-order chi connectivity index (χ1) is 8.89. The van der Waals surface area contributed by atoms with Crippen LogP contribution in [0.1, 0.15) is 32.9 Å². The van der Waals surface area contributed by atoms with Crippen LogP contribution in [-0.4, -0.2) is 24.9 Å². The number of aromatic nitrogens is 4. The van der Waals surface area contributed by atoms with Crippen molar-refractivity contribution in [2.24, 2.45) is 5.41 Å². The Bertz CT molecular complexity index is 504. The maximum Gasteiger partial charge on any atom is 0.137 e. The highest BCUT2D eigenvalue weighted by Crippen LogP contribution is 2.34. The van der Waals surface area contributed by atoms with Crippen LogP contribution >= 0.6 is 0 Å². The van der Waals surface area contributed by atoms with Crippen LogP contribution in [0.4, 0.5) is 0 Å². The van der Waals surface area contributed by atoms with E-state index in [9.17, 15) is 5.11 Å². The summed E-state index contributed by atoms with van der Waals surface area (Å²) in [7, 11) is 0. The Balaban J connectivity index is 2.32. The molecule has 0 spiro atoms. The van der Waals surface area contributed by atoms with Crippen molar-refractivity contribution in [3.63, 3.8) is 0 Å². The zero-order valence-corrected chi connectivity index (χ0v) is 11.6. The Labute approximate surface area is 113 Å². The molecular weight excluding hydrogens is 240 g/mol. The predicted octanol–water partition coefficient (Wildman–Crippen LogP) is 2.00. The average Bonchev–Trinajstić information content (AvgIpc) is 2.80. The third-order valence-electron chi connectivity index (χ3n) is 2.85. The third kappa shape index (κ3) is 3.61. The Hall–Kier alpha value is -1.75. The van der Waals surface area contributed by atoms with Crippen molar-refractivity contribution in [1.82, 2.24) is 19.7 Å². The van der Waals surface area contributed by atoms with Crippen LogP contribution in [0, 0.1) is 5.41 Å². The first-order valence-electron chi connectivity index (χ1n) is 6.35. The predicted molar refractivity (Wildman–Crippen MR) is 72.2 cm³/mol. The van der Waals surface area contributed by atoms with Gasteiger partial charge in [0.25, 0.3) is 0 Å². The fourth-order valence-electron chi connectivity index (χ4n) is 2.33. The summed E-state index contributed by atoms with van der Waals surface area (Å²) < 4.78 is 1.64. The largest absolute Gasteiger partial charge is 0.382 e. The molecule has 0 aliphatic rings. The normalized spacial score (nSPS) is 15.2. The first kappa shape index (κ1) is 13.7. The van der Waals surface area contributed by atoms with Crippen molar-refractivity contribution in [2.45, 2.75) is 39.3 Å². The topological polar surface area (TPSA) is 63.8 Å². The van der Waals surface area contributed by atoms with Gasteiger partial charge in [-0.2, -0.15) is 5.10 Å². The van der Waals surface area contributed by atoms with Gasteiger partial charge in [-0.25, -0.2) is 9.67 Å². The molecule has 1 atom stereocenters. The molecule has 0 aliphatic carbocycles. The van der Waals surface area contributed by atoms with Gasteiger partial charge in [0.1, 0.15) is 18.3 Å². The Morgan fingerprint density at radius 3 is 2.58 bits per heavy atom. The summed E-state index contributed by atoms with van der Waals surface area (Å²) in [5.74, 6) is 0. The summed E-state index contributed by atoms with van der Waals surface area (Å²) in [6.07, 6.45) is 5.37. The molecule has 1 N–H and O–H groups in total. The van der Waals surface area contributed by atoms with Crippen molar-refractivity contribution in [2.75, 3.05) is 0 Å². The van der Waals surface area contributed by atoms with Crippen LogP contribution in [0.25, 0.3) is 0 Å². The van der Waals surface area contributed by atoms with E-state index in [1.165, 1.54) is 6.33 Å². The molecule has 0 saturated heterocycles. The molecule has 0 aliphatic heterocycles. The van der Waals surface area contributed by atoms with E-state index in [0.717, 1.165) is 0 Å². The van der Waals surface area contributed by atoms with E-state index in [1.807, 2.05) is 18.2 Å². The molecule has 0 bridgehead atoms. The monoisotopic (exact) mass is 260 g/mol. The smallest absolute Gasteiger partial charge is 0.137 e. The molecule has 2 rings (SSSR count). The lowest BCUT2D eigenvalue weighted by molar-refractivity contribution is -0.0253. The molecule has 19 heavy (non-hydrogen) atoms. The fourth-order valence-corrected chi connectivity index (χ4v) is 2.33. The molecule has 2 heterocycles. The molecule has 0 amide bonds. The minimum Gasteiger partial charge on any atom is -0.382 e. The first-order valence-corrected chi connectivity index (χ1v) is 6.35. The van der Waals surface area contributed by atoms with Crippen molar-refractivity contribution in [3.05, 3.63) is 42.7 Å². The maximum atomic E-state index is 11.0. The van der Waals surface area contributed by atoms with Gasteiger partial charge in [0, 0.05) is 6.20 Å². The lowest BCUT2D eigenvalue weighted by atomic mass is 9.80. The number of aliphatic hydroxyl groups is 1. The van der Waals surface area contributed by atoms with Gasteiger partial charge in [-0.1, -0.05) is 26.8 Å². The van der Waals surface area contributed by atoms with Gasteiger partial charge in [0.2, 0.25) is 0 Å². The van der Waals surface area contributed by atoms with Crippen LogP contribution in [0.5, 0.6) is 0 Å². The molecule has 0 fully saturated rings. The van der Waals surface area contributed by atoms with Crippen LogP contribution in [0.2, 0.25) is 0 Å². The Kier molecular flexibility index (Phi) is 3.66. The Morgan fingerprint density at radius 1 is 1.26 bits per heavy atom. The molecule has 0 radical (unpaired) electrons. The molecule has 102 valence electrons. The molecule has 0 saturated carbocycles. The molecule has 5 nitrogen and oxygen atoms in total. The van der Waals surface area contributed by atoms with Gasteiger partial charge in [-0.3, -0.25) is 4.98 Å². The fraction of sp³-hybridized carbons (Fsp3) is 0.500. The quantitative estimate of drug-likeness (QED) is 0.913. The molecule has 0 aromatic carbocycles. The van der Waals surface area contributed by atoms with Crippen LogP contribution in [-0.2, 0) is 12.1 Å². The van der Waals surface area contributed by atoms with Gasteiger partial charge in [-0.05, 0) is 24.0 Å². The van der Waals surface area contributed by atoms with Crippen LogP contribution in [0.15, 0.2) is 37.1 Å².